The van der Waals surface area contributed by atoms with Gasteiger partial charge in [0.2, 0.25) is 5.91 Å². The molecule has 7 nitrogen and oxygen atoms in total. The molecule has 0 spiro atoms. The van der Waals surface area contributed by atoms with Gasteiger partial charge in [-0.05, 0) is 75.3 Å². The van der Waals surface area contributed by atoms with Crippen LogP contribution in [-0.4, -0.2) is 26.4 Å². The number of carbonyl (C=O) groups is 1. The summed E-state index contributed by atoms with van der Waals surface area (Å²) in [5.74, 6) is 1.52. The van der Waals surface area contributed by atoms with Gasteiger partial charge in [-0.1, -0.05) is 17.8 Å². The van der Waals surface area contributed by atoms with Crippen molar-refractivity contribution in [2.45, 2.75) is 57.7 Å². The van der Waals surface area contributed by atoms with Gasteiger partial charge in [0, 0.05) is 11.9 Å². The fraction of sp³-hybridized carbons (Fsp3) is 0.417. The lowest BCUT2D eigenvalue weighted by molar-refractivity contribution is -0.113. The third kappa shape index (κ3) is 5.23. The highest BCUT2D eigenvalue weighted by Crippen LogP contribution is 2.37. The summed E-state index contributed by atoms with van der Waals surface area (Å²) in [5.41, 5.74) is 4.03. The molecular formula is C24H27N5O2S2. The topological polar surface area (TPSA) is 92.8 Å². The zero-order chi connectivity index (χ0) is 23.5. The van der Waals surface area contributed by atoms with Crippen LogP contribution in [-0.2, 0) is 24.7 Å². The number of aromatic nitrogens is 3. The van der Waals surface area contributed by atoms with Crippen molar-refractivity contribution in [3.05, 3.63) is 51.2 Å². The predicted molar refractivity (Wildman–Crippen MR) is 131 cm³/mol. The molecule has 0 aliphatic heterocycles. The number of fused-ring (bicyclic) bond motifs is 1. The van der Waals surface area contributed by atoms with Crippen LogP contribution in [0.5, 0.6) is 5.75 Å². The Morgan fingerprint density at radius 1 is 1.27 bits per heavy atom. The third-order valence-corrected chi connectivity index (χ3v) is 7.84. The summed E-state index contributed by atoms with van der Waals surface area (Å²) in [7, 11) is 1.87. The lowest BCUT2D eigenvalue weighted by Gasteiger charge is -2.15. The van der Waals surface area contributed by atoms with Crippen LogP contribution in [0.4, 0.5) is 5.00 Å². The average Bonchev–Trinajstić information content (AvgIpc) is 3.30. The minimum atomic E-state index is -0.289. The lowest BCUT2D eigenvalue weighted by atomic mass is 9.96. The number of thiophene rings is 1. The van der Waals surface area contributed by atoms with Gasteiger partial charge in [0.25, 0.3) is 0 Å². The van der Waals surface area contributed by atoms with E-state index in [1.807, 2.05) is 44.5 Å². The van der Waals surface area contributed by atoms with Gasteiger partial charge in [-0.25, -0.2) is 0 Å². The number of nitriles is 1. The largest absolute Gasteiger partial charge is 0.483 e. The summed E-state index contributed by atoms with van der Waals surface area (Å²) in [6, 6.07) is 8.38. The standard InChI is InChI=1S/C24H27N5O2S2/c1-14-9-15(2)11-17(10-14)31-16(3)22-27-28-24(29(22)4)32-13-21(30)26-23-19(12-25)18-7-5-6-8-20(18)33-23/h9-11,16H,5-8,13H2,1-4H3,(H,26,30). The van der Waals surface area contributed by atoms with Crippen molar-refractivity contribution in [3.8, 4) is 11.8 Å². The molecule has 1 aliphatic rings. The van der Waals surface area contributed by atoms with Crippen LogP contribution >= 0.6 is 23.1 Å². The first kappa shape index (κ1) is 23.3. The number of amides is 1. The van der Waals surface area contributed by atoms with Crippen LogP contribution in [0.15, 0.2) is 23.4 Å². The van der Waals surface area contributed by atoms with Gasteiger partial charge in [-0.15, -0.1) is 21.5 Å². The van der Waals surface area contributed by atoms with Gasteiger partial charge in [0.05, 0.1) is 11.3 Å². The van der Waals surface area contributed by atoms with Crippen molar-refractivity contribution in [1.82, 2.24) is 14.8 Å². The molecule has 0 saturated heterocycles. The molecule has 1 atom stereocenters. The maximum absolute atomic E-state index is 12.6. The van der Waals surface area contributed by atoms with Gasteiger partial charge >= 0.3 is 0 Å². The molecule has 1 unspecified atom stereocenters. The predicted octanol–water partition coefficient (Wildman–Crippen LogP) is 5.11. The molecule has 1 N–H and O–H groups in total. The number of anilines is 1. The Morgan fingerprint density at radius 2 is 2.00 bits per heavy atom. The summed E-state index contributed by atoms with van der Waals surface area (Å²) in [5, 5.41) is 22.4. The van der Waals surface area contributed by atoms with E-state index in [-0.39, 0.29) is 17.8 Å². The summed E-state index contributed by atoms with van der Waals surface area (Å²) >= 11 is 2.85. The molecule has 33 heavy (non-hydrogen) atoms. The molecule has 2 aromatic heterocycles. The smallest absolute Gasteiger partial charge is 0.235 e. The summed E-state index contributed by atoms with van der Waals surface area (Å²) < 4.78 is 7.94. The van der Waals surface area contributed by atoms with Crippen LogP contribution in [0, 0.1) is 25.2 Å². The van der Waals surface area contributed by atoms with Gasteiger partial charge in [-0.3, -0.25) is 4.79 Å². The van der Waals surface area contributed by atoms with Crippen LogP contribution in [0.2, 0.25) is 0 Å². The number of aryl methyl sites for hydroxylation is 3. The minimum absolute atomic E-state index is 0.154. The second-order valence-electron chi connectivity index (χ2n) is 8.35. The van der Waals surface area contributed by atoms with E-state index in [1.54, 1.807) is 0 Å². The third-order valence-electron chi connectivity index (χ3n) is 5.61. The first-order valence-corrected chi connectivity index (χ1v) is 12.8. The molecular weight excluding hydrogens is 454 g/mol. The molecule has 0 fully saturated rings. The Morgan fingerprint density at radius 3 is 2.73 bits per heavy atom. The van der Waals surface area contributed by atoms with E-state index in [2.05, 4.69) is 27.6 Å². The highest BCUT2D eigenvalue weighted by Gasteiger charge is 2.22. The monoisotopic (exact) mass is 481 g/mol. The van der Waals surface area contributed by atoms with Crippen molar-refractivity contribution < 1.29 is 9.53 Å². The Hall–Kier alpha value is -2.83. The Bertz CT molecular complexity index is 1200. The van der Waals surface area contributed by atoms with E-state index in [0.29, 0.717) is 21.5 Å². The van der Waals surface area contributed by atoms with Crippen LogP contribution < -0.4 is 10.1 Å². The number of ether oxygens (including phenoxy) is 1. The molecule has 9 heteroatoms. The Kier molecular flexibility index (Phi) is 7.05. The first-order chi connectivity index (χ1) is 15.9. The molecule has 1 aliphatic carbocycles. The molecule has 0 radical (unpaired) electrons. The van der Waals surface area contributed by atoms with E-state index in [1.165, 1.54) is 28.0 Å². The van der Waals surface area contributed by atoms with Gasteiger partial charge in [0.15, 0.2) is 17.1 Å². The highest BCUT2D eigenvalue weighted by molar-refractivity contribution is 7.99. The zero-order valence-electron chi connectivity index (χ0n) is 19.3. The number of hydrogen-bond acceptors (Lipinski definition) is 7. The second kappa shape index (κ2) is 9.98. The molecule has 0 bridgehead atoms. The van der Waals surface area contributed by atoms with Gasteiger partial charge in [-0.2, -0.15) is 5.26 Å². The van der Waals surface area contributed by atoms with Crippen molar-refractivity contribution in [1.29, 1.82) is 5.26 Å². The number of rotatable bonds is 7. The van der Waals surface area contributed by atoms with Crippen molar-refractivity contribution >= 4 is 34.0 Å². The molecule has 0 saturated carbocycles. The second-order valence-corrected chi connectivity index (χ2v) is 10.4. The summed E-state index contributed by atoms with van der Waals surface area (Å²) in [4.78, 5) is 13.8. The number of nitrogens with zero attached hydrogens (tertiary/aromatic N) is 4. The molecule has 2 heterocycles. The fourth-order valence-electron chi connectivity index (χ4n) is 4.13. The number of carbonyl (C=O) groups excluding carboxylic acids is 1. The first-order valence-electron chi connectivity index (χ1n) is 11.0. The van der Waals surface area contributed by atoms with E-state index in [4.69, 9.17) is 4.74 Å². The molecule has 4 rings (SSSR count). The number of benzene rings is 1. The normalized spacial score (nSPS) is 13.8. The molecule has 3 aromatic rings. The summed E-state index contributed by atoms with van der Waals surface area (Å²) in [6.07, 6.45) is 3.86. The van der Waals surface area contributed by atoms with Crippen LogP contribution in [0.1, 0.15) is 58.8 Å². The maximum Gasteiger partial charge on any atom is 0.235 e. The molecule has 1 aromatic carbocycles. The van der Waals surface area contributed by atoms with Crippen molar-refractivity contribution in [2.24, 2.45) is 7.05 Å². The van der Waals surface area contributed by atoms with Crippen molar-refractivity contribution in [3.63, 3.8) is 0 Å². The number of hydrogen-bond donors (Lipinski definition) is 1. The highest BCUT2D eigenvalue weighted by atomic mass is 32.2. The van der Waals surface area contributed by atoms with Crippen molar-refractivity contribution in [2.75, 3.05) is 11.1 Å². The van der Waals surface area contributed by atoms with Gasteiger partial charge < -0.3 is 14.6 Å². The van der Waals surface area contributed by atoms with E-state index in [0.717, 1.165) is 48.1 Å². The van der Waals surface area contributed by atoms with E-state index in [9.17, 15) is 10.1 Å². The zero-order valence-corrected chi connectivity index (χ0v) is 20.9. The Balaban J connectivity index is 1.38. The molecule has 172 valence electrons. The fourth-order valence-corrected chi connectivity index (χ4v) is 6.10. The maximum atomic E-state index is 12.6. The van der Waals surface area contributed by atoms with Gasteiger partial charge in [0.1, 0.15) is 16.8 Å². The van der Waals surface area contributed by atoms with Crippen LogP contribution in [0.25, 0.3) is 0 Å². The SMILES string of the molecule is Cc1cc(C)cc(OC(C)c2nnc(SCC(=O)Nc3sc4c(c3C#N)CCCC4)n2C)c1. The number of thioether (sulfide) groups is 1. The lowest BCUT2D eigenvalue weighted by Crippen LogP contribution is -2.15. The average molecular weight is 482 g/mol. The quantitative estimate of drug-likeness (QED) is 0.471. The number of nitrogens with one attached hydrogen (secondary N) is 1. The Labute approximate surface area is 202 Å². The van der Waals surface area contributed by atoms with E-state index >= 15 is 0 Å². The summed E-state index contributed by atoms with van der Waals surface area (Å²) in [6.45, 7) is 6.01. The minimum Gasteiger partial charge on any atom is -0.483 e. The molecule has 1 amide bonds. The van der Waals surface area contributed by atoms with E-state index < -0.39 is 0 Å². The van der Waals surface area contributed by atoms with Crippen LogP contribution in [0.3, 0.4) is 0 Å².